The van der Waals surface area contributed by atoms with E-state index in [1.807, 2.05) is 6.92 Å². The maximum Gasteiger partial charge on any atom is 0.513 e. The minimum Gasteiger partial charge on any atom is -0.497 e. The van der Waals surface area contributed by atoms with E-state index >= 15 is 0 Å². The molecule has 0 spiro atoms. The standard InChI is InChI=1S/C12H15BF3O2/c1-4-9(2)8-18-12-6-5-10(17-3)7-11(12)13(14,15)16/h5-7H,2,4,8H2,1,3H3/q-1. The SMILES string of the molecule is C=C(CC)COc1ccc(OC)cc1[B-](F)(F)F. The van der Waals surface area contributed by atoms with Crippen LogP contribution in [0, 0.1) is 0 Å². The lowest BCUT2D eigenvalue weighted by Gasteiger charge is -2.21. The van der Waals surface area contributed by atoms with E-state index < -0.39 is 12.4 Å². The van der Waals surface area contributed by atoms with Crippen molar-refractivity contribution in [2.45, 2.75) is 13.3 Å². The lowest BCUT2D eigenvalue weighted by atomic mass is 9.79. The molecule has 100 valence electrons. The minimum absolute atomic E-state index is 0.0853. The average Bonchev–Trinajstić information content (AvgIpc) is 2.34. The fourth-order valence-corrected chi connectivity index (χ4v) is 1.32. The largest absolute Gasteiger partial charge is 0.513 e. The highest BCUT2D eigenvalue weighted by Crippen LogP contribution is 2.22. The molecule has 0 bridgehead atoms. The van der Waals surface area contributed by atoms with Gasteiger partial charge in [-0.2, -0.15) is 0 Å². The third-order valence-electron chi connectivity index (χ3n) is 2.50. The summed E-state index contributed by atoms with van der Waals surface area (Å²) in [6, 6.07) is 3.66. The van der Waals surface area contributed by atoms with Crippen LogP contribution in [0.1, 0.15) is 13.3 Å². The first-order valence-electron chi connectivity index (χ1n) is 5.55. The first-order valence-corrected chi connectivity index (χ1v) is 5.55. The molecular weight excluding hydrogens is 244 g/mol. The van der Waals surface area contributed by atoms with Gasteiger partial charge < -0.3 is 22.4 Å². The molecule has 0 aliphatic rings. The number of ether oxygens (including phenoxy) is 2. The Kier molecular flexibility index (Phi) is 4.70. The van der Waals surface area contributed by atoms with Gasteiger partial charge in [0, 0.05) is 0 Å². The van der Waals surface area contributed by atoms with Crippen molar-refractivity contribution in [1.82, 2.24) is 0 Å². The summed E-state index contributed by atoms with van der Waals surface area (Å²) in [5, 5.41) is 0. The second-order valence-corrected chi connectivity index (χ2v) is 3.87. The van der Waals surface area contributed by atoms with Crippen LogP contribution >= 0.6 is 0 Å². The highest BCUT2D eigenvalue weighted by molar-refractivity contribution is 6.74. The summed E-state index contributed by atoms with van der Waals surface area (Å²) < 4.78 is 48.6. The number of benzene rings is 1. The predicted octanol–water partition coefficient (Wildman–Crippen LogP) is 3.09. The zero-order valence-electron chi connectivity index (χ0n) is 10.4. The first kappa shape index (κ1) is 14.5. The van der Waals surface area contributed by atoms with Crippen LogP contribution < -0.4 is 14.9 Å². The summed E-state index contributed by atoms with van der Waals surface area (Å²) in [5.41, 5.74) is -0.0373. The lowest BCUT2D eigenvalue weighted by Crippen LogP contribution is -2.35. The topological polar surface area (TPSA) is 18.5 Å². The number of hydrogen-bond acceptors (Lipinski definition) is 2. The molecule has 1 aromatic carbocycles. The van der Waals surface area contributed by atoms with E-state index in [1.165, 1.54) is 19.2 Å². The van der Waals surface area contributed by atoms with Crippen LogP contribution in [0.25, 0.3) is 0 Å². The van der Waals surface area contributed by atoms with Gasteiger partial charge in [0.2, 0.25) is 0 Å². The van der Waals surface area contributed by atoms with E-state index in [4.69, 9.17) is 9.47 Å². The van der Waals surface area contributed by atoms with Crippen molar-refractivity contribution in [3.63, 3.8) is 0 Å². The van der Waals surface area contributed by atoms with Gasteiger partial charge in [0.25, 0.3) is 0 Å². The molecular formula is C12H15BF3O2-. The molecule has 0 aliphatic carbocycles. The van der Waals surface area contributed by atoms with E-state index in [1.54, 1.807) is 0 Å². The maximum absolute atomic E-state index is 12.9. The second kappa shape index (κ2) is 5.84. The molecule has 0 heterocycles. The van der Waals surface area contributed by atoms with Crippen molar-refractivity contribution in [3.8, 4) is 11.5 Å². The van der Waals surface area contributed by atoms with E-state index in [9.17, 15) is 12.9 Å². The van der Waals surface area contributed by atoms with Gasteiger partial charge in [0.15, 0.2) is 0 Å². The fourth-order valence-electron chi connectivity index (χ4n) is 1.32. The van der Waals surface area contributed by atoms with Crippen molar-refractivity contribution in [2.24, 2.45) is 0 Å². The zero-order valence-corrected chi connectivity index (χ0v) is 10.4. The van der Waals surface area contributed by atoms with Gasteiger partial charge in [-0.3, -0.25) is 0 Å². The normalized spacial score (nSPS) is 11.2. The Balaban J connectivity index is 2.99. The van der Waals surface area contributed by atoms with Gasteiger partial charge in [-0.25, -0.2) is 0 Å². The molecule has 0 radical (unpaired) electrons. The fraction of sp³-hybridized carbons (Fsp3) is 0.333. The van der Waals surface area contributed by atoms with Crippen LogP contribution in [0.4, 0.5) is 12.9 Å². The zero-order chi connectivity index (χ0) is 13.8. The summed E-state index contributed by atoms with van der Waals surface area (Å²) in [7, 11) is 1.32. The van der Waals surface area contributed by atoms with E-state index in [-0.39, 0.29) is 18.1 Å². The second-order valence-electron chi connectivity index (χ2n) is 3.87. The van der Waals surface area contributed by atoms with Gasteiger partial charge in [-0.05, 0) is 30.2 Å². The van der Waals surface area contributed by atoms with Crippen molar-refractivity contribution in [1.29, 1.82) is 0 Å². The Hall–Kier alpha value is -1.59. The van der Waals surface area contributed by atoms with E-state index in [0.717, 1.165) is 11.6 Å². The summed E-state index contributed by atoms with van der Waals surface area (Å²) >= 11 is 0. The third kappa shape index (κ3) is 3.72. The predicted molar refractivity (Wildman–Crippen MR) is 66.6 cm³/mol. The molecule has 1 aromatic rings. The van der Waals surface area contributed by atoms with Crippen LogP contribution in [0.3, 0.4) is 0 Å². The van der Waals surface area contributed by atoms with Gasteiger partial charge >= 0.3 is 6.98 Å². The molecule has 0 N–H and O–H groups in total. The number of rotatable bonds is 6. The number of methoxy groups -OCH3 is 1. The molecule has 0 unspecified atom stereocenters. The number of hydrogen-bond donors (Lipinski definition) is 0. The molecule has 0 saturated heterocycles. The summed E-state index contributed by atoms with van der Waals surface area (Å²) in [5.74, 6) is -0.0243. The Morgan fingerprint density at radius 1 is 1.33 bits per heavy atom. The molecule has 6 heteroatoms. The van der Waals surface area contributed by atoms with Gasteiger partial charge in [-0.1, -0.05) is 19.0 Å². The Morgan fingerprint density at radius 2 is 2.00 bits per heavy atom. The Morgan fingerprint density at radius 3 is 2.50 bits per heavy atom. The van der Waals surface area contributed by atoms with Crippen molar-refractivity contribution >= 4 is 12.4 Å². The van der Waals surface area contributed by atoms with Gasteiger partial charge in [0.1, 0.15) is 12.4 Å². The molecule has 0 fully saturated rings. The summed E-state index contributed by atoms with van der Waals surface area (Å²) in [6.07, 6.45) is 0.669. The van der Waals surface area contributed by atoms with Crippen molar-refractivity contribution in [3.05, 3.63) is 30.4 Å². The Labute approximate surface area is 104 Å². The molecule has 0 aromatic heterocycles. The minimum atomic E-state index is -5.14. The lowest BCUT2D eigenvalue weighted by molar-refractivity contribution is 0.348. The monoisotopic (exact) mass is 259 g/mol. The highest BCUT2D eigenvalue weighted by atomic mass is 19.4. The van der Waals surface area contributed by atoms with Crippen LogP contribution in [0.2, 0.25) is 0 Å². The molecule has 2 nitrogen and oxygen atoms in total. The average molecular weight is 259 g/mol. The van der Waals surface area contributed by atoms with Crippen LogP contribution in [0.5, 0.6) is 11.5 Å². The first-order chi connectivity index (χ1) is 8.38. The van der Waals surface area contributed by atoms with Crippen molar-refractivity contribution < 1.29 is 22.4 Å². The quantitative estimate of drug-likeness (QED) is 0.577. The molecule has 0 aliphatic heterocycles. The highest BCUT2D eigenvalue weighted by Gasteiger charge is 2.29. The van der Waals surface area contributed by atoms with Crippen LogP contribution in [0.15, 0.2) is 30.4 Å². The summed E-state index contributed by atoms with van der Waals surface area (Å²) in [4.78, 5) is 0. The summed E-state index contributed by atoms with van der Waals surface area (Å²) in [6.45, 7) is 0.507. The molecule has 0 atom stereocenters. The maximum atomic E-state index is 12.9. The van der Waals surface area contributed by atoms with Crippen LogP contribution in [-0.2, 0) is 0 Å². The Bertz CT molecular complexity index is 430. The smallest absolute Gasteiger partial charge is 0.497 e. The van der Waals surface area contributed by atoms with Gasteiger partial charge in [-0.15, -0.1) is 0 Å². The number of halogens is 3. The van der Waals surface area contributed by atoms with E-state index in [2.05, 4.69) is 6.58 Å². The van der Waals surface area contributed by atoms with Crippen LogP contribution in [-0.4, -0.2) is 20.7 Å². The molecule has 1 rings (SSSR count). The van der Waals surface area contributed by atoms with E-state index in [0.29, 0.717) is 6.42 Å². The molecule has 18 heavy (non-hydrogen) atoms. The third-order valence-corrected chi connectivity index (χ3v) is 2.50. The van der Waals surface area contributed by atoms with Gasteiger partial charge in [0.05, 0.1) is 12.9 Å². The van der Waals surface area contributed by atoms with Crippen molar-refractivity contribution in [2.75, 3.05) is 13.7 Å². The molecule has 0 amide bonds. The molecule has 0 saturated carbocycles.